The van der Waals surface area contributed by atoms with Crippen molar-refractivity contribution in [1.29, 1.82) is 0 Å². The van der Waals surface area contributed by atoms with E-state index in [-0.39, 0.29) is 12.3 Å². The second kappa shape index (κ2) is 7.29. The number of thiophene rings is 1. The van der Waals surface area contributed by atoms with Crippen molar-refractivity contribution < 1.29 is 4.79 Å². The zero-order valence-corrected chi connectivity index (χ0v) is 15.2. The molecule has 0 saturated carbocycles. The van der Waals surface area contributed by atoms with Crippen LogP contribution in [0.15, 0.2) is 22.9 Å². The average molecular weight is 365 g/mol. The first kappa shape index (κ1) is 16.2. The van der Waals surface area contributed by atoms with Gasteiger partial charge in [-0.2, -0.15) is 0 Å². The Labute approximate surface area is 146 Å². The molecule has 3 heterocycles. The molecule has 0 spiro atoms. The number of anilines is 1. The molecule has 120 valence electrons. The van der Waals surface area contributed by atoms with Gasteiger partial charge in [-0.1, -0.05) is 31.3 Å². The summed E-state index contributed by atoms with van der Waals surface area (Å²) in [6.07, 6.45) is 1.13. The van der Waals surface area contributed by atoms with E-state index in [9.17, 15) is 4.79 Å². The van der Waals surface area contributed by atoms with Crippen LogP contribution in [-0.4, -0.2) is 21.1 Å². The number of hydrogen-bond donors (Lipinski definition) is 1. The van der Waals surface area contributed by atoms with Crippen LogP contribution in [-0.2, 0) is 17.6 Å². The minimum atomic E-state index is -0.111. The highest BCUT2D eigenvalue weighted by molar-refractivity contribution is 7.20. The van der Waals surface area contributed by atoms with Crippen molar-refractivity contribution in [2.24, 2.45) is 5.92 Å². The van der Waals surface area contributed by atoms with E-state index in [1.54, 1.807) is 22.7 Å². The normalized spacial score (nSPS) is 11.1. The van der Waals surface area contributed by atoms with Crippen molar-refractivity contribution in [1.82, 2.24) is 15.2 Å². The lowest BCUT2D eigenvalue weighted by Gasteiger charge is -1.99. The van der Waals surface area contributed by atoms with Gasteiger partial charge in [-0.25, -0.2) is 4.98 Å². The molecule has 0 saturated heterocycles. The summed E-state index contributed by atoms with van der Waals surface area (Å²) in [6.45, 7) is 4.26. The molecule has 0 aliphatic heterocycles. The predicted molar refractivity (Wildman–Crippen MR) is 96.2 cm³/mol. The predicted octanol–water partition coefficient (Wildman–Crippen LogP) is 4.10. The number of amides is 1. The molecule has 23 heavy (non-hydrogen) atoms. The molecular weight excluding hydrogens is 348 g/mol. The van der Waals surface area contributed by atoms with Crippen LogP contribution in [0.5, 0.6) is 0 Å². The van der Waals surface area contributed by atoms with Gasteiger partial charge in [0, 0.05) is 11.8 Å². The van der Waals surface area contributed by atoms with E-state index in [4.69, 9.17) is 0 Å². The van der Waals surface area contributed by atoms with Crippen LogP contribution < -0.4 is 5.32 Å². The van der Waals surface area contributed by atoms with Crippen molar-refractivity contribution >= 4 is 45.0 Å². The highest BCUT2D eigenvalue weighted by atomic mass is 32.1. The van der Waals surface area contributed by atoms with Crippen LogP contribution in [0.25, 0.3) is 9.88 Å². The molecule has 0 aromatic carbocycles. The Bertz CT molecular complexity index is 776. The number of nitrogens with one attached hydrogen (secondary N) is 1. The van der Waals surface area contributed by atoms with Crippen molar-refractivity contribution in [3.05, 3.63) is 33.6 Å². The monoisotopic (exact) mass is 364 g/mol. The van der Waals surface area contributed by atoms with E-state index < -0.39 is 0 Å². The Balaban J connectivity index is 1.58. The maximum atomic E-state index is 12.1. The Morgan fingerprint density at radius 1 is 1.30 bits per heavy atom. The van der Waals surface area contributed by atoms with Crippen molar-refractivity contribution in [2.75, 3.05) is 5.32 Å². The van der Waals surface area contributed by atoms with Crippen LogP contribution in [0.2, 0.25) is 0 Å². The van der Waals surface area contributed by atoms with Gasteiger partial charge in [-0.05, 0) is 17.4 Å². The number of rotatable bonds is 6. The Morgan fingerprint density at radius 3 is 2.91 bits per heavy atom. The first-order chi connectivity index (χ1) is 11.1. The maximum absolute atomic E-state index is 12.1. The first-order valence-corrected chi connectivity index (χ1v) is 9.78. The van der Waals surface area contributed by atoms with Gasteiger partial charge in [0.15, 0.2) is 0 Å². The summed E-state index contributed by atoms with van der Waals surface area (Å²) in [4.78, 5) is 17.7. The van der Waals surface area contributed by atoms with Crippen LogP contribution in [0.3, 0.4) is 0 Å². The van der Waals surface area contributed by atoms with Crippen LogP contribution in [0.1, 0.15) is 24.5 Å². The molecule has 3 aromatic rings. The van der Waals surface area contributed by atoms with E-state index in [1.807, 2.05) is 22.9 Å². The van der Waals surface area contributed by atoms with Gasteiger partial charge in [0.05, 0.1) is 17.0 Å². The molecule has 3 rings (SSSR count). The quantitative estimate of drug-likeness (QED) is 0.715. The summed E-state index contributed by atoms with van der Waals surface area (Å²) in [7, 11) is 0. The van der Waals surface area contributed by atoms with Crippen LogP contribution in [0.4, 0.5) is 5.13 Å². The summed E-state index contributed by atoms with van der Waals surface area (Å²) in [5.74, 6) is 0.414. The van der Waals surface area contributed by atoms with E-state index in [0.717, 1.165) is 27.0 Å². The molecule has 0 unspecified atom stereocenters. The van der Waals surface area contributed by atoms with E-state index in [2.05, 4.69) is 34.3 Å². The minimum absolute atomic E-state index is 0.111. The van der Waals surface area contributed by atoms with Gasteiger partial charge in [-0.15, -0.1) is 32.9 Å². The van der Waals surface area contributed by atoms with Gasteiger partial charge < -0.3 is 5.32 Å². The van der Waals surface area contributed by atoms with Crippen LogP contribution in [0, 0.1) is 5.92 Å². The van der Waals surface area contributed by atoms with E-state index >= 15 is 0 Å². The third-order valence-electron chi connectivity index (χ3n) is 2.92. The number of hydrogen-bond acceptors (Lipinski definition) is 7. The molecule has 1 N–H and O–H groups in total. The second-order valence-electron chi connectivity index (χ2n) is 5.45. The van der Waals surface area contributed by atoms with Crippen molar-refractivity contribution in [2.45, 2.75) is 26.7 Å². The summed E-state index contributed by atoms with van der Waals surface area (Å²) < 4.78 is 0. The average Bonchev–Trinajstić information content (AvgIpc) is 3.19. The zero-order valence-electron chi connectivity index (χ0n) is 12.8. The molecule has 0 bridgehead atoms. The fourth-order valence-electron chi connectivity index (χ4n) is 1.97. The Kier molecular flexibility index (Phi) is 5.14. The summed E-state index contributed by atoms with van der Waals surface area (Å²) in [5.41, 5.74) is 0.780. The molecule has 1 amide bonds. The summed E-state index contributed by atoms with van der Waals surface area (Å²) in [6, 6.07) is 4.03. The number of carbonyl (C=O) groups excluding carboxylic acids is 1. The SMILES string of the molecule is CC(C)Cc1nnc(NC(=O)Cc2csc(-c3cccs3)n2)s1. The molecule has 0 aliphatic rings. The highest BCUT2D eigenvalue weighted by Crippen LogP contribution is 2.28. The smallest absolute Gasteiger partial charge is 0.232 e. The molecular formula is C15H16N4OS3. The fraction of sp³-hybridized carbons (Fsp3) is 0.333. The number of carbonyl (C=O) groups is 1. The van der Waals surface area contributed by atoms with E-state index in [0.29, 0.717) is 11.0 Å². The topological polar surface area (TPSA) is 67.8 Å². The largest absolute Gasteiger partial charge is 0.300 e. The third-order valence-corrected chi connectivity index (χ3v) is 5.71. The van der Waals surface area contributed by atoms with Crippen molar-refractivity contribution in [3.8, 4) is 9.88 Å². The number of thiazole rings is 1. The van der Waals surface area contributed by atoms with Crippen LogP contribution >= 0.6 is 34.0 Å². The third kappa shape index (κ3) is 4.43. The first-order valence-electron chi connectivity index (χ1n) is 7.20. The molecule has 8 heteroatoms. The van der Waals surface area contributed by atoms with Gasteiger partial charge >= 0.3 is 0 Å². The second-order valence-corrected chi connectivity index (χ2v) is 8.31. The lowest BCUT2D eigenvalue weighted by molar-refractivity contribution is -0.115. The standard InChI is InChI=1S/C15H16N4OS3/c1-9(2)6-13-18-19-15(23-13)17-12(20)7-10-8-22-14(16-10)11-4-3-5-21-11/h3-5,8-9H,6-7H2,1-2H3,(H,17,19,20). The molecule has 0 aliphatic carbocycles. The summed E-state index contributed by atoms with van der Waals surface area (Å²) in [5, 5.41) is 17.3. The molecule has 0 atom stereocenters. The van der Waals surface area contributed by atoms with E-state index in [1.165, 1.54) is 11.3 Å². The van der Waals surface area contributed by atoms with Gasteiger partial charge in [0.2, 0.25) is 11.0 Å². The van der Waals surface area contributed by atoms with Gasteiger partial charge in [0.25, 0.3) is 0 Å². The maximum Gasteiger partial charge on any atom is 0.232 e. The molecule has 5 nitrogen and oxygen atoms in total. The zero-order chi connectivity index (χ0) is 16.2. The lowest BCUT2D eigenvalue weighted by Crippen LogP contribution is -2.14. The van der Waals surface area contributed by atoms with Gasteiger partial charge in [0.1, 0.15) is 10.0 Å². The molecule has 0 fully saturated rings. The van der Waals surface area contributed by atoms with Gasteiger partial charge in [-0.3, -0.25) is 4.79 Å². The molecule has 3 aromatic heterocycles. The number of aromatic nitrogens is 3. The Morgan fingerprint density at radius 2 is 2.17 bits per heavy atom. The Hall–Kier alpha value is -1.64. The fourth-order valence-corrected chi connectivity index (χ4v) is 4.57. The number of nitrogens with zero attached hydrogens (tertiary/aromatic N) is 3. The van der Waals surface area contributed by atoms with Crippen molar-refractivity contribution in [3.63, 3.8) is 0 Å². The summed E-state index contributed by atoms with van der Waals surface area (Å²) >= 11 is 4.64. The minimum Gasteiger partial charge on any atom is -0.300 e. The lowest BCUT2D eigenvalue weighted by atomic mass is 10.1. The molecule has 0 radical (unpaired) electrons. The highest BCUT2D eigenvalue weighted by Gasteiger charge is 2.12.